The van der Waals surface area contributed by atoms with E-state index in [-0.39, 0.29) is 45.4 Å². The van der Waals surface area contributed by atoms with Gasteiger partial charge in [0, 0.05) is 41.5 Å². The highest BCUT2D eigenvalue weighted by atomic mass is 16.8. The molecule has 0 spiro atoms. The van der Waals surface area contributed by atoms with Crippen LogP contribution in [0.3, 0.4) is 0 Å². The van der Waals surface area contributed by atoms with Gasteiger partial charge in [0.05, 0.1) is 25.7 Å². The summed E-state index contributed by atoms with van der Waals surface area (Å²) in [6.07, 6.45) is -6.55. The number of rotatable bonds is 13. The lowest BCUT2D eigenvalue weighted by molar-refractivity contribution is -0.376. The Morgan fingerprint density at radius 2 is 1.12 bits per heavy atom. The van der Waals surface area contributed by atoms with Gasteiger partial charge >= 0.3 is 47.8 Å². The van der Waals surface area contributed by atoms with Crippen LogP contribution in [0.4, 0.5) is 0 Å². The zero-order valence-corrected chi connectivity index (χ0v) is 47.1. The molecule has 5 aliphatic carbocycles. The summed E-state index contributed by atoms with van der Waals surface area (Å²) >= 11 is 0. The first-order valence-electron chi connectivity index (χ1n) is 26.9. The number of methoxy groups -OCH3 is 2. The third-order valence-electron chi connectivity index (χ3n) is 19.2. The highest BCUT2D eigenvalue weighted by Gasteiger charge is 2.70. The molecule has 4 saturated carbocycles. The highest BCUT2D eigenvalue weighted by molar-refractivity contribution is 5.79. The number of allylic oxidation sites excluding steroid dienone is 2. The quantitative estimate of drug-likeness (QED) is 0.0818. The minimum absolute atomic E-state index is 0.0802. The van der Waals surface area contributed by atoms with Crippen LogP contribution in [0.2, 0.25) is 0 Å². The Hall–Kier alpha value is -4.66. The van der Waals surface area contributed by atoms with Gasteiger partial charge in [-0.25, -0.2) is 4.79 Å². The van der Waals surface area contributed by atoms with Gasteiger partial charge in [-0.2, -0.15) is 0 Å². The second kappa shape index (κ2) is 21.9. The zero-order chi connectivity index (χ0) is 56.2. The fourth-order valence-corrected chi connectivity index (χ4v) is 15.7. The fraction of sp³-hybridized carbons (Fsp3) is 0.821. The molecule has 0 bridgehead atoms. The molecule has 0 aromatic heterocycles. The van der Waals surface area contributed by atoms with Crippen molar-refractivity contribution in [3.05, 3.63) is 11.6 Å². The van der Waals surface area contributed by atoms with E-state index in [0.717, 1.165) is 99.5 Å². The molecule has 0 N–H and O–H groups in total. The van der Waals surface area contributed by atoms with Crippen LogP contribution in [-0.2, 0) is 95.2 Å². The van der Waals surface area contributed by atoms with E-state index in [0.29, 0.717) is 6.42 Å². The lowest BCUT2D eigenvalue weighted by Crippen LogP contribution is -2.68. The van der Waals surface area contributed by atoms with Gasteiger partial charge < -0.3 is 56.8 Å². The molecule has 76 heavy (non-hydrogen) atoms. The van der Waals surface area contributed by atoms with E-state index in [9.17, 15) is 38.4 Å². The van der Waals surface area contributed by atoms with E-state index in [4.69, 9.17) is 56.8 Å². The maximum atomic E-state index is 13.9. The van der Waals surface area contributed by atoms with Gasteiger partial charge in [0.1, 0.15) is 12.7 Å². The third-order valence-corrected chi connectivity index (χ3v) is 19.2. The Morgan fingerprint density at radius 1 is 0.566 bits per heavy atom. The van der Waals surface area contributed by atoms with Gasteiger partial charge in [-0.1, -0.05) is 60.1 Å². The molecule has 2 saturated heterocycles. The maximum Gasteiger partial charge on any atom is 0.339 e. The first-order valence-corrected chi connectivity index (χ1v) is 26.9. The van der Waals surface area contributed by atoms with Gasteiger partial charge in [-0.3, -0.25) is 33.6 Å². The molecule has 426 valence electrons. The van der Waals surface area contributed by atoms with Crippen molar-refractivity contribution in [1.82, 2.24) is 0 Å². The van der Waals surface area contributed by atoms with Crippen LogP contribution in [0.1, 0.15) is 154 Å². The molecule has 0 radical (unpaired) electrons. The first kappa shape index (κ1) is 59.0. The summed E-state index contributed by atoms with van der Waals surface area (Å²) in [5, 5.41) is 0. The second-order valence-electron chi connectivity index (χ2n) is 24.6. The Morgan fingerprint density at radius 3 is 1.70 bits per heavy atom. The topological polar surface area (TPSA) is 247 Å². The minimum Gasteiger partial charge on any atom is -0.469 e. The summed E-state index contributed by atoms with van der Waals surface area (Å²) in [7, 11) is 2.56. The average Bonchev–Trinajstić information content (AvgIpc) is 3.31. The Labute approximate surface area is 446 Å². The first-order chi connectivity index (χ1) is 35.4. The van der Waals surface area contributed by atoms with Crippen LogP contribution >= 0.6 is 0 Å². The van der Waals surface area contributed by atoms with Crippen molar-refractivity contribution < 1.29 is 95.2 Å². The number of hydrogen-bond donors (Lipinski definition) is 0. The van der Waals surface area contributed by atoms with Crippen molar-refractivity contribution in [2.24, 2.45) is 50.2 Å². The molecule has 0 unspecified atom stereocenters. The van der Waals surface area contributed by atoms with E-state index in [1.165, 1.54) is 19.6 Å². The Kier molecular flexibility index (Phi) is 17.0. The Balaban J connectivity index is 1.28. The number of fused-ring (bicyclic) bond motifs is 7. The third kappa shape index (κ3) is 10.8. The molecule has 20 nitrogen and oxygen atoms in total. The molecule has 2 heterocycles. The monoisotopic (exact) mass is 1070 g/mol. The van der Waals surface area contributed by atoms with Gasteiger partial charge in [0.2, 0.25) is 6.29 Å². The van der Waals surface area contributed by atoms with Crippen molar-refractivity contribution in [3.63, 3.8) is 0 Å². The second-order valence-corrected chi connectivity index (χ2v) is 24.6. The SMILES string of the molecule is COC(=O)[C@H]1O[C@@H](O[C@H]2[C@H](O[C@H]3CC[C@]4(C)[C@H]5CC=C6[C@@H]7CC(C)(C)CC[C@]7(C(=O)OC)CC[C@@]6(C)[C@]5(C)CC[C@H]4C3(C)C)O[C@H](COC(C)=O)[C@H](OC(C)=O)[C@@H]2OC(C)=O)[C@H](OC(C)=O)[C@@H](OC(C)=O)[C@@H]1OC(C)=O. The minimum atomic E-state index is -1.92. The summed E-state index contributed by atoms with van der Waals surface area (Å²) in [5.41, 5.74) is -0.0746. The van der Waals surface area contributed by atoms with Crippen molar-refractivity contribution in [2.45, 2.75) is 222 Å². The van der Waals surface area contributed by atoms with Crippen LogP contribution in [-0.4, -0.2) is 136 Å². The summed E-state index contributed by atoms with van der Waals surface area (Å²) in [4.78, 5) is 104. The molecule has 0 amide bonds. The zero-order valence-electron chi connectivity index (χ0n) is 47.1. The van der Waals surface area contributed by atoms with Crippen molar-refractivity contribution in [1.29, 1.82) is 0 Å². The predicted molar refractivity (Wildman–Crippen MR) is 265 cm³/mol. The van der Waals surface area contributed by atoms with Gasteiger partial charge in [0.15, 0.2) is 49.0 Å². The van der Waals surface area contributed by atoms with Gasteiger partial charge in [0.25, 0.3) is 0 Å². The van der Waals surface area contributed by atoms with E-state index >= 15 is 0 Å². The van der Waals surface area contributed by atoms with Crippen molar-refractivity contribution >= 4 is 47.8 Å². The molecule has 18 atom stereocenters. The highest BCUT2D eigenvalue weighted by Crippen LogP contribution is 2.76. The summed E-state index contributed by atoms with van der Waals surface area (Å²) in [6.45, 7) is 22.4. The number of esters is 8. The van der Waals surface area contributed by atoms with Crippen LogP contribution in [0.15, 0.2) is 11.6 Å². The maximum absolute atomic E-state index is 13.9. The molecule has 0 aromatic rings. The van der Waals surface area contributed by atoms with Gasteiger partial charge in [-0.05, 0) is 109 Å². The van der Waals surface area contributed by atoms with E-state index < -0.39 is 127 Å². The van der Waals surface area contributed by atoms with Gasteiger partial charge in [-0.15, -0.1) is 0 Å². The van der Waals surface area contributed by atoms with Crippen molar-refractivity contribution in [3.8, 4) is 0 Å². The molecule has 7 rings (SSSR count). The van der Waals surface area contributed by atoms with Crippen LogP contribution in [0.25, 0.3) is 0 Å². The summed E-state index contributed by atoms with van der Waals surface area (Å²) in [6, 6.07) is 0. The number of carbonyl (C=O) groups excluding carboxylic acids is 8. The molecular formula is C56H82O20. The van der Waals surface area contributed by atoms with Crippen molar-refractivity contribution in [2.75, 3.05) is 20.8 Å². The normalized spacial score (nSPS) is 41.0. The number of ether oxygens (including phenoxy) is 12. The predicted octanol–water partition coefficient (Wildman–Crippen LogP) is 6.58. The standard InChI is InChI=1S/C56H82O20/c1-28(57)67-27-36-40(68-29(2)58)41(69-30(3)59)46(76-49-45(72-33(6)62)43(71-32(5)61)42(70-31(4)60)44(75-49)47(63)65-14)48(73-36)74-39-19-20-53(11)37(52(39,9)10)18-21-55(13)38(53)17-16-34-35-26-51(7,8)22-24-56(35,50(64)66-15)25-23-54(34,55)12/h16,35-46,48-49H,17-27H2,1-15H3/t35-,36+,37-,38+,39-,40-,41-,42-,43-,44-,45+,46+,48-,49-,53-,54+,55+,56-/m0/s1. The molecule has 0 aromatic carbocycles. The largest absolute Gasteiger partial charge is 0.469 e. The molecule has 2 aliphatic heterocycles. The molecular weight excluding hydrogens is 993 g/mol. The molecule has 20 heteroatoms. The number of carbonyl (C=O) groups is 8. The lowest BCUT2D eigenvalue weighted by atomic mass is 9.33. The lowest BCUT2D eigenvalue weighted by Gasteiger charge is -2.71. The van der Waals surface area contributed by atoms with Crippen LogP contribution in [0, 0.1) is 50.2 Å². The van der Waals surface area contributed by atoms with E-state index in [2.05, 4.69) is 54.5 Å². The van der Waals surface area contributed by atoms with Crippen LogP contribution in [0.5, 0.6) is 0 Å². The van der Waals surface area contributed by atoms with E-state index in [1.54, 1.807) is 0 Å². The van der Waals surface area contributed by atoms with E-state index in [1.807, 2.05) is 0 Å². The summed E-state index contributed by atoms with van der Waals surface area (Å²) < 4.78 is 71.3. The average molecular weight is 1080 g/mol. The number of hydrogen-bond acceptors (Lipinski definition) is 20. The molecule has 6 fully saturated rings. The fourth-order valence-electron chi connectivity index (χ4n) is 15.7. The Bertz CT molecular complexity index is 2310. The van der Waals surface area contributed by atoms with Crippen LogP contribution < -0.4 is 0 Å². The molecule has 7 aliphatic rings. The smallest absolute Gasteiger partial charge is 0.339 e. The summed E-state index contributed by atoms with van der Waals surface area (Å²) in [5.74, 6) is -5.86.